The maximum atomic E-state index is 0. The predicted molar refractivity (Wildman–Crippen MR) is 14.5 cm³/mol. The van der Waals surface area contributed by atoms with Crippen molar-refractivity contribution < 1.29 is 73.8 Å². The normalized spacial score (nSPS) is 0. The van der Waals surface area contributed by atoms with Crippen molar-refractivity contribution >= 4 is 0 Å². The molecule has 6 heteroatoms. The van der Waals surface area contributed by atoms with Crippen LogP contribution >= 0.6 is 0 Å². The van der Waals surface area contributed by atoms with E-state index in [-0.39, 0.29) is 73.8 Å². The fraction of sp³-hybridized carbons (Fsp3) is 0. The van der Waals surface area contributed by atoms with Crippen molar-refractivity contribution in [1.29, 1.82) is 0 Å². The van der Waals surface area contributed by atoms with Crippen molar-refractivity contribution in [2.75, 3.05) is 0 Å². The van der Waals surface area contributed by atoms with Gasteiger partial charge in [0.15, 0.2) is 0 Å². The van der Waals surface area contributed by atoms with E-state index < -0.39 is 0 Å². The second kappa shape index (κ2) is 82.1. The van der Waals surface area contributed by atoms with E-state index in [2.05, 4.69) is 0 Å². The van der Waals surface area contributed by atoms with E-state index in [0.717, 1.165) is 0 Å². The van der Waals surface area contributed by atoms with Gasteiger partial charge in [-0.1, -0.05) is 0 Å². The molecule has 42 valence electrons. The van der Waals surface area contributed by atoms with Gasteiger partial charge in [-0.3, -0.25) is 0 Å². The third-order valence-electron chi connectivity index (χ3n) is 0. The van der Waals surface area contributed by atoms with E-state index in [0.29, 0.717) is 0 Å². The van der Waals surface area contributed by atoms with E-state index in [1.54, 1.807) is 0 Å². The first-order valence-electron chi connectivity index (χ1n) is 0. The van der Waals surface area contributed by atoms with Crippen LogP contribution in [-0.4, -0.2) is 21.9 Å². The fourth-order valence-electron chi connectivity index (χ4n) is 0. The van der Waals surface area contributed by atoms with Gasteiger partial charge in [-0.15, -0.1) is 0 Å². The van der Waals surface area contributed by atoms with Crippen LogP contribution in [0.25, 0.3) is 0 Å². The van der Waals surface area contributed by atoms with Crippen molar-refractivity contribution in [3.63, 3.8) is 0 Å². The quantitative estimate of drug-likeness (QED) is 0.394. The third-order valence-corrected chi connectivity index (χ3v) is 0. The molecule has 0 amide bonds. The average molecular weight is 292 g/mol. The molecule has 0 aliphatic rings. The zero-order chi connectivity index (χ0) is 0. The summed E-state index contributed by atoms with van der Waals surface area (Å²) in [5.74, 6) is 0. The summed E-state index contributed by atoms with van der Waals surface area (Å²) in [6.07, 6.45) is 0. The van der Waals surface area contributed by atoms with Crippen LogP contribution in [0.15, 0.2) is 0 Å². The molecule has 0 bridgehead atoms. The summed E-state index contributed by atoms with van der Waals surface area (Å²) >= 11 is 0. The van der Waals surface area contributed by atoms with Crippen LogP contribution in [0, 0.1) is 0 Å². The first-order valence-corrected chi connectivity index (χ1v) is 0. The van der Waals surface area contributed by atoms with Crippen molar-refractivity contribution in [3.8, 4) is 0 Å². The molecule has 0 aromatic carbocycles. The van der Waals surface area contributed by atoms with E-state index >= 15 is 0 Å². The molecular formula is H8AuNaO4+2. The summed E-state index contributed by atoms with van der Waals surface area (Å²) in [5, 5.41) is 0. The summed E-state index contributed by atoms with van der Waals surface area (Å²) in [7, 11) is 0. The van der Waals surface area contributed by atoms with Gasteiger partial charge < -0.3 is 21.9 Å². The second-order valence-corrected chi connectivity index (χ2v) is 0. The number of rotatable bonds is 0. The van der Waals surface area contributed by atoms with Crippen LogP contribution in [-0.2, 0) is 22.4 Å². The van der Waals surface area contributed by atoms with E-state index in [1.165, 1.54) is 0 Å². The Balaban J connectivity index is 0. The summed E-state index contributed by atoms with van der Waals surface area (Å²) in [6.45, 7) is 0. The molecule has 0 saturated carbocycles. The van der Waals surface area contributed by atoms with Crippen molar-refractivity contribution in [2.45, 2.75) is 0 Å². The van der Waals surface area contributed by atoms with Gasteiger partial charge in [0, 0.05) is 0 Å². The van der Waals surface area contributed by atoms with Gasteiger partial charge in [0.05, 0.1) is 0 Å². The standard InChI is InChI=1S/Au.Na.4H2O/h;;4*1H2/q2*+1;;;;. The van der Waals surface area contributed by atoms with Crippen LogP contribution in [0.4, 0.5) is 0 Å². The fourth-order valence-corrected chi connectivity index (χ4v) is 0. The Morgan fingerprint density at radius 2 is 0.500 bits per heavy atom. The predicted octanol–water partition coefficient (Wildman–Crippen LogP) is -6.30. The summed E-state index contributed by atoms with van der Waals surface area (Å²) in [4.78, 5) is 0. The van der Waals surface area contributed by atoms with Gasteiger partial charge in [0.25, 0.3) is 0 Å². The molecule has 8 N–H and O–H groups in total. The Bertz CT molecular complexity index is 7.51. The van der Waals surface area contributed by atoms with Gasteiger partial charge in [-0.25, -0.2) is 0 Å². The molecule has 0 rings (SSSR count). The Kier molecular flexibility index (Phi) is 1800. The molecule has 0 fully saturated rings. The maximum Gasteiger partial charge on any atom is 1.00 e. The molecule has 0 aromatic rings. The summed E-state index contributed by atoms with van der Waals surface area (Å²) in [5.41, 5.74) is 0. The SMILES string of the molecule is O.O.O.O.[Au+].[Na+]. The van der Waals surface area contributed by atoms with Gasteiger partial charge in [0.2, 0.25) is 0 Å². The molecular weight excluding hydrogens is 284 g/mol. The summed E-state index contributed by atoms with van der Waals surface area (Å²) < 4.78 is 0. The summed E-state index contributed by atoms with van der Waals surface area (Å²) in [6, 6.07) is 0. The molecule has 4 nitrogen and oxygen atoms in total. The second-order valence-electron chi connectivity index (χ2n) is 0. The van der Waals surface area contributed by atoms with Crippen LogP contribution in [0.2, 0.25) is 0 Å². The number of hydrogen-bond donors (Lipinski definition) is 0. The van der Waals surface area contributed by atoms with Crippen molar-refractivity contribution in [3.05, 3.63) is 0 Å². The van der Waals surface area contributed by atoms with E-state index in [9.17, 15) is 0 Å². The minimum absolute atomic E-state index is 0. The Morgan fingerprint density at radius 1 is 0.500 bits per heavy atom. The van der Waals surface area contributed by atoms with Crippen LogP contribution < -0.4 is 29.6 Å². The zero-order valence-electron chi connectivity index (χ0n) is 3.30. The molecule has 6 heavy (non-hydrogen) atoms. The molecule has 0 unspecified atom stereocenters. The van der Waals surface area contributed by atoms with E-state index in [4.69, 9.17) is 0 Å². The van der Waals surface area contributed by atoms with Crippen LogP contribution in [0.3, 0.4) is 0 Å². The third kappa shape index (κ3) is 46.9. The number of hydrogen-bond acceptors (Lipinski definition) is 0. The van der Waals surface area contributed by atoms with Gasteiger partial charge in [-0.05, 0) is 0 Å². The largest absolute Gasteiger partial charge is 1.00 e. The van der Waals surface area contributed by atoms with Crippen molar-refractivity contribution in [1.82, 2.24) is 0 Å². The Morgan fingerprint density at radius 3 is 0.500 bits per heavy atom. The molecule has 0 spiro atoms. The van der Waals surface area contributed by atoms with Crippen LogP contribution in [0.1, 0.15) is 0 Å². The van der Waals surface area contributed by atoms with Gasteiger partial charge in [-0.2, -0.15) is 0 Å². The topological polar surface area (TPSA) is 126 Å². The molecule has 0 aromatic heterocycles. The molecule has 0 aliphatic heterocycles. The minimum Gasteiger partial charge on any atom is -0.412 e. The molecule has 0 heterocycles. The molecule has 0 saturated heterocycles. The van der Waals surface area contributed by atoms with Crippen LogP contribution in [0.5, 0.6) is 0 Å². The minimum atomic E-state index is 0. The first kappa shape index (κ1) is 131. The molecule has 0 atom stereocenters. The zero-order valence-corrected chi connectivity index (χ0v) is 7.47. The van der Waals surface area contributed by atoms with E-state index in [1.807, 2.05) is 0 Å². The van der Waals surface area contributed by atoms with Crippen molar-refractivity contribution in [2.24, 2.45) is 0 Å². The average Bonchev–Trinajstić information content (AvgIpc) is 0. The molecule has 0 radical (unpaired) electrons. The van der Waals surface area contributed by atoms with Gasteiger partial charge >= 0.3 is 51.9 Å². The smallest absolute Gasteiger partial charge is 0.412 e. The molecule has 0 aliphatic carbocycles. The first-order chi connectivity index (χ1) is 0. The maximum absolute atomic E-state index is 0. The Hall–Kier alpha value is 1.58. The van der Waals surface area contributed by atoms with Gasteiger partial charge in [0.1, 0.15) is 0 Å². The Labute approximate surface area is 73.3 Å². The monoisotopic (exact) mass is 292 g/mol.